The molecule has 3 aromatic heterocycles. The van der Waals surface area contributed by atoms with Gasteiger partial charge in [0.1, 0.15) is 5.52 Å². The predicted molar refractivity (Wildman–Crippen MR) is 205 cm³/mol. The van der Waals surface area contributed by atoms with Gasteiger partial charge in [0.05, 0.1) is 45.2 Å². The number of fused-ring (bicyclic) bond motifs is 2. The van der Waals surface area contributed by atoms with E-state index in [0.29, 0.717) is 82.1 Å². The van der Waals surface area contributed by atoms with E-state index in [1.165, 1.54) is 0 Å². The predicted octanol–water partition coefficient (Wildman–Crippen LogP) is 6.99. The molecule has 274 valence electrons. The van der Waals surface area contributed by atoms with Crippen molar-refractivity contribution in [2.24, 2.45) is 5.92 Å². The molecule has 0 bridgehead atoms. The van der Waals surface area contributed by atoms with Gasteiger partial charge in [-0.05, 0) is 81.1 Å². The minimum Gasteiger partial charge on any atom is -0.481 e. The highest BCUT2D eigenvalue weighted by Crippen LogP contribution is 2.41. The second-order valence-electron chi connectivity index (χ2n) is 14.1. The van der Waals surface area contributed by atoms with Crippen molar-refractivity contribution in [1.29, 1.82) is 0 Å². The third-order valence-corrected chi connectivity index (χ3v) is 11.5. The number of aromatic nitrogens is 4. The number of β-amino-alcohol motifs (C(OH)–C–C–N with tert-alkyl or cyclic N) is 1. The highest BCUT2D eigenvalue weighted by atomic mass is 35.5. The normalized spacial score (nSPS) is 19.7. The number of carboxylic acids is 1. The molecule has 12 nitrogen and oxygen atoms in total. The molecule has 53 heavy (non-hydrogen) atoms. The molecule has 0 saturated carbocycles. The Balaban J connectivity index is 0.990. The summed E-state index contributed by atoms with van der Waals surface area (Å²) in [7, 11) is 0. The van der Waals surface area contributed by atoms with Crippen molar-refractivity contribution in [3.05, 3.63) is 94.0 Å². The number of halogens is 2. The molecule has 0 spiro atoms. The van der Waals surface area contributed by atoms with Gasteiger partial charge in [-0.2, -0.15) is 5.10 Å². The maximum absolute atomic E-state index is 13.6. The molecule has 3 aliphatic heterocycles. The number of likely N-dealkylation sites (tertiary alicyclic amines) is 2. The quantitative estimate of drug-likeness (QED) is 0.124. The molecule has 4 N–H and O–H groups in total. The standard InChI is InChI=1S/C39H40Cl2N8O4/c40-34-27(4-1-6-29(34)44-37-36-25(9-13-42-37)18-23(20-43-36)21-47-15-12-26(50)22-47)28-5-2-7-30(35(28)41)45-38(51)31-19-33-32(8-3-14-49(33)46-31)48-16-10-24(11-17-48)39(52)53/h1-2,4-7,9,13,18-20,24,26,32,50H,3,8,10-12,14-17,21-22H2,(H,42,44)(H,45,51)(H,52,53)/t26-,32?/m1/s1. The summed E-state index contributed by atoms with van der Waals surface area (Å²) in [6.45, 7) is 4.39. The number of piperidine rings is 1. The lowest BCUT2D eigenvalue weighted by atomic mass is 9.93. The fraction of sp³-hybridized carbons (Fsp3) is 0.359. The third-order valence-electron chi connectivity index (χ3n) is 10.7. The number of pyridine rings is 2. The molecule has 6 heterocycles. The molecule has 3 aliphatic rings. The summed E-state index contributed by atoms with van der Waals surface area (Å²) in [4.78, 5) is 38.9. The number of aliphatic hydroxyl groups is 1. The first-order valence-electron chi connectivity index (χ1n) is 18.1. The molecule has 0 aliphatic carbocycles. The Bertz CT molecular complexity index is 2190. The minimum absolute atomic E-state index is 0.0930. The zero-order valence-corrected chi connectivity index (χ0v) is 30.5. The van der Waals surface area contributed by atoms with E-state index in [0.717, 1.165) is 55.5 Å². The van der Waals surface area contributed by atoms with Gasteiger partial charge in [-0.3, -0.25) is 29.1 Å². The maximum atomic E-state index is 13.6. The van der Waals surface area contributed by atoms with Crippen LogP contribution in [0.15, 0.2) is 67.0 Å². The number of hydrogen-bond acceptors (Lipinski definition) is 9. The van der Waals surface area contributed by atoms with Gasteiger partial charge in [0.25, 0.3) is 5.91 Å². The van der Waals surface area contributed by atoms with E-state index < -0.39 is 5.97 Å². The first-order valence-corrected chi connectivity index (χ1v) is 18.8. The molecule has 1 unspecified atom stereocenters. The van der Waals surface area contributed by atoms with Crippen molar-refractivity contribution in [2.75, 3.05) is 36.8 Å². The summed E-state index contributed by atoms with van der Waals surface area (Å²) >= 11 is 14.0. The van der Waals surface area contributed by atoms with Crippen LogP contribution in [-0.4, -0.2) is 83.9 Å². The van der Waals surface area contributed by atoms with E-state index in [1.807, 2.05) is 53.3 Å². The van der Waals surface area contributed by atoms with E-state index in [1.54, 1.807) is 12.3 Å². The van der Waals surface area contributed by atoms with E-state index in [9.17, 15) is 19.8 Å². The van der Waals surface area contributed by atoms with Crippen molar-refractivity contribution in [2.45, 2.75) is 57.3 Å². The van der Waals surface area contributed by atoms with E-state index >= 15 is 0 Å². The molecule has 5 aromatic rings. The van der Waals surface area contributed by atoms with Crippen LogP contribution >= 0.6 is 23.2 Å². The maximum Gasteiger partial charge on any atom is 0.306 e. The number of amides is 1. The minimum atomic E-state index is -0.729. The van der Waals surface area contributed by atoms with Gasteiger partial charge < -0.3 is 20.8 Å². The molecule has 2 saturated heterocycles. The number of aliphatic carboxylic acids is 1. The summed E-state index contributed by atoms with van der Waals surface area (Å²) in [5.74, 6) is -0.837. The molecule has 0 radical (unpaired) electrons. The molecular formula is C39H40Cl2N8O4. The van der Waals surface area contributed by atoms with Gasteiger partial charge in [0, 0.05) is 55.1 Å². The van der Waals surface area contributed by atoms with Gasteiger partial charge in [0.15, 0.2) is 11.5 Å². The lowest BCUT2D eigenvalue weighted by molar-refractivity contribution is -0.143. The number of carbonyl (C=O) groups excluding carboxylic acids is 1. The van der Waals surface area contributed by atoms with Crippen molar-refractivity contribution in [3.8, 4) is 11.1 Å². The molecular weight excluding hydrogens is 715 g/mol. The number of nitrogens with one attached hydrogen (secondary N) is 2. The number of rotatable bonds is 9. The Morgan fingerprint density at radius 3 is 2.38 bits per heavy atom. The van der Waals surface area contributed by atoms with E-state index in [2.05, 4.69) is 36.6 Å². The summed E-state index contributed by atoms with van der Waals surface area (Å²) in [6.07, 6.45) is 7.21. The van der Waals surface area contributed by atoms with E-state index in [-0.39, 0.29) is 24.0 Å². The number of aliphatic hydroxyl groups excluding tert-OH is 1. The summed E-state index contributed by atoms with van der Waals surface area (Å²) < 4.78 is 1.91. The average molecular weight is 756 g/mol. The summed E-state index contributed by atoms with van der Waals surface area (Å²) in [5, 5.41) is 32.0. The summed E-state index contributed by atoms with van der Waals surface area (Å²) in [5.41, 5.74) is 5.42. The number of aryl methyl sites for hydroxylation is 1. The highest BCUT2D eigenvalue weighted by Gasteiger charge is 2.33. The Hall–Kier alpha value is -4.59. The third kappa shape index (κ3) is 7.34. The Labute approximate surface area is 316 Å². The topological polar surface area (TPSA) is 149 Å². The van der Waals surface area contributed by atoms with Crippen LogP contribution in [-0.2, 0) is 17.9 Å². The van der Waals surface area contributed by atoms with Crippen LogP contribution in [0.3, 0.4) is 0 Å². The van der Waals surface area contributed by atoms with Crippen molar-refractivity contribution in [3.63, 3.8) is 0 Å². The van der Waals surface area contributed by atoms with Crippen LogP contribution in [0.2, 0.25) is 10.0 Å². The van der Waals surface area contributed by atoms with Crippen LogP contribution in [0, 0.1) is 5.92 Å². The Kier molecular flexibility index (Phi) is 10.1. The SMILES string of the molecule is O=C(Nc1cccc(-c2cccc(Nc3nccc4cc(CN5CC[C@@H](O)C5)cnc34)c2Cl)c1Cl)c1cc2n(n1)CCCC2N1CCC(C(=O)O)CC1. The number of anilines is 3. The molecule has 2 atom stereocenters. The second kappa shape index (κ2) is 15.0. The van der Waals surface area contributed by atoms with Crippen LogP contribution in [0.5, 0.6) is 0 Å². The average Bonchev–Trinajstić information content (AvgIpc) is 3.79. The van der Waals surface area contributed by atoms with Crippen LogP contribution < -0.4 is 10.6 Å². The largest absolute Gasteiger partial charge is 0.481 e. The number of carboxylic acid groups (broad SMARTS) is 1. The van der Waals surface area contributed by atoms with Gasteiger partial charge >= 0.3 is 5.97 Å². The zero-order valence-electron chi connectivity index (χ0n) is 29.0. The van der Waals surface area contributed by atoms with Crippen molar-refractivity contribution in [1.82, 2.24) is 29.5 Å². The molecule has 2 fully saturated rings. The first-order chi connectivity index (χ1) is 25.7. The summed E-state index contributed by atoms with van der Waals surface area (Å²) in [6, 6.07) is 17.0. The fourth-order valence-corrected chi connectivity index (χ4v) is 8.43. The first kappa shape index (κ1) is 35.4. The van der Waals surface area contributed by atoms with Gasteiger partial charge in [-0.15, -0.1) is 0 Å². The fourth-order valence-electron chi connectivity index (χ4n) is 7.88. The Morgan fingerprint density at radius 2 is 1.64 bits per heavy atom. The van der Waals surface area contributed by atoms with Gasteiger partial charge in [-0.1, -0.05) is 47.5 Å². The highest BCUT2D eigenvalue weighted by molar-refractivity contribution is 6.39. The number of hydrogen-bond donors (Lipinski definition) is 4. The number of nitrogens with zero attached hydrogens (tertiary/aromatic N) is 6. The van der Waals surface area contributed by atoms with Gasteiger partial charge in [-0.25, -0.2) is 4.98 Å². The molecule has 1 amide bonds. The lowest BCUT2D eigenvalue weighted by Gasteiger charge is -2.38. The van der Waals surface area contributed by atoms with E-state index in [4.69, 9.17) is 28.2 Å². The number of benzene rings is 2. The Morgan fingerprint density at radius 1 is 0.887 bits per heavy atom. The zero-order chi connectivity index (χ0) is 36.6. The van der Waals surface area contributed by atoms with Crippen LogP contribution in [0.4, 0.5) is 17.2 Å². The smallest absolute Gasteiger partial charge is 0.306 e. The molecule has 8 rings (SSSR count). The lowest BCUT2D eigenvalue weighted by Crippen LogP contribution is -2.40. The molecule has 14 heteroatoms. The van der Waals surface area contributed by atoms with Crippen molar-refractivity contribution >= 4 is 63.2 Å². The molecule has 2 aromatic carbocycles. The van der Waals surface area contributed by atoms with Gasteiger partial charge in [0.2, 0.25) is 0 Å². The van der Waals surface area contributed by atoms with Crippen molar-refractivity contribution < 1.29 is 19.8 Å². The van der Waals surface area contributed by atoms with Crippen LogP contribution in [0.1, 0.15) is 59.9 Å². The van der Waals surface area contributed by atoms with Crippen LogP contribution in [0.25, 0.3) is 22.0 Å². The monoisotopic (exact) mass is 754 g/mol. The second-order valence-corrected chi connectivity index (χ2v) is 14.9. The number of carbonyl (C=O) groups is 2.